The van der Waals surface area contributed by atoms with Gasteiger partial charge >= 0.3 is 6.01 Å². The molecule has 0 bridgehead atoms. The molecule has 2 atom stereocenters. The zero-order chi connectivity index (χ0) is 27.1. The van der Waals surface area contributed by atoms with Crippen molar-refractivity contribution in [1.82, 2.24) is 19.9 Å². The highest BCUT2D eigenvalue weighted by Gasteiger charge is 2.49. The molecule has 0 amide bonds. The molecule has 6 rings (SSSR count). The molecule has 10 heteroatoms. The number of aromatic nitrogens is 3. The summed E-state index contributed by atoms with van der Waals surface area (Å²) < 4.78 is 61.8. The number of hydrogen-bond donors (Lipinski definition) is 0. The van der Waals surface area contributed by atoms with Crippen molar-refractivity contribution in [1.29, 1.82) is 0 Å². The molecule has 2 aliphatic heterocycles. The average Bonchev–Trinajstić information content (AvgIpc) is 3.46. The Labute approximate surface area is 223 Å². The Balaban J connectivity index is 1.42. The molecule has 2 fully saturated rings. The number of benzene rings is 2. The Hall–Kier alpha value is -3.50. The van der Waals surface area contributed by atoms with E-state index in [2.05, 4.69) is 19.9 Å². The Morgan fingerprint density at radius 3 is 2.77 bits per heavy atom. The highest BCUT2D eigenvalue weighted by Crippen LogP contribution is 2.41. The minimum atomic E-state index is -0.881. The lowest BCUT2D eigenvalue weighted by molar-refractivity contribution is 0.0512. The number of aryl methyl sites for hydroxylation is 1. The zero-order valence-corrected chi connectivity index (χ0v) is 21.8. The summed E-state index contributed by atoms with van der Waals surface area (Å²) >= 11 is 0. The SMILES string of the molecule is CCc1c(F)ccc2cc(OCOC)cc(-c3ncc4cnc(OC[C@@]56CCCN5C[C@H](F)C6)nc4c3F)c12. The molecule has 4 aromatic rings. The van der Waals surface area contributed by atoms with Gasteiger partial charge in [0.15, 0.2) is 12.6 Å². The van der Waals surface area contributed by atoms with Gasteiger partial charge in [-0.1, -0.05) is 13.0 Å². The van der Waals surface area contributed by atoms with Crippen molar-refractivity contribution in [3.8, 4) is 23.0 Å². The summed E-state index contributed by atoms with van der Waals surface area (Å²) in [6.07, 6.45) is 4.71. The third-order valence-electron chi connectivity index (χ3n) is 7.87. The summed E-state index contributed by atoms with van der Waals surface area (Å²) in [7, 11) is 1.50. The number of fused-ring (bicyclic) bond motifs is 3. The molecule has 2 aromatic carbocycles. The smallest absolute Gasteiger partial charge is 0.317 e. The van der Waals surface area contributed by atoms with Crippen LogP contribution in [-0.4, -0.2) is 65.2 Å². The van der Waals surface area contributed by atoms with Gasteiger partial charge in [0.2, 0.25) is 0 Å². The van der Waals surface area contributed by atoms with Gasteiger partial charge in [-0.15, -0.1) is 0 Å². The van der Waals surface area contributed by atoms with Gasteiger partial charge in [0.25, 0.3) is 0 Å². The Morgan fingerprint density at radius 1 is 1.10 bits per heavy atom. The van der Waals surface area contributed by atoms with Crippen LogP contribution in [0, 0.1) is 11.6 Å². The van der Waals surface area contributed by atoms with Crippen LogP contribution in [0.2, 0.25) is 0 Å². The number of methoxy groups -OCH3 is 1. The number of pyridine rings is 1. The van der Waals surface area contributed by atoms with Crippen LogP contribution in [0.1, 0.15) is 31.7 Å². The lowest BCUT2D eigenvalue weighted by Crippen LogP contribution is -2.43. The molecule has 0 N–H and O–H groups in total. The Bertz CT molecular complexity index is 1550. The highest BCUT2D eigenvalue weighted by atomic mass is 19.1. The van der Waals surface area contributed by atoms with E-state index in [1.807, 2.05) is 6.92 Å². The monoisotopic (exact) mass is 538 g/mol. The van der Waals surface area contributed by atoms with Gasteiger partial charge in [-0.3, -0.25) is 9.88 Å². The van der Waals surface area contributed by atoms with Crippen LogP contribution < -0.4 is 9.47 Å². The van der Waals surface area contributed by atoms with Crippen molar-refractivity contribution in [3.05, 3.63) is 53.9 Å². The zero-order valence-electron chi connectivity index (χ0n) is 21.8. The molecule has 7 nitrogen and oxygen atoms in total. The van der Waals surface area contributed by atoms with Crippen molar-refractivity contribution < 1.29 is 27.4 Å². The molecule has 0 saturated carbocycles. The van der Waals surface area contributed by atoms with Gasteiger partial charge in [0.1, 0.15) is 35.6 Å². The first-order valence-electron chi connectivity index (χ1n) is 13.1. The molecule has 2 saturated heterocycles. The highest BCUT2D eigenvalue weighted by molar-refractivity contribution is 6.01. The van der Waals surface area contributed by atoms with Crippen LogP contribution in [0.3, 0.4) is 0 Å². The fraction of sp³-hybridized carbons (Fsp3) is 0.414. The first-order valence-corrected chi connectivity index (χ1v) is 13.1. The van der Waals surface area contributed by atoms with Crippen molar-refractivity contribution in [2.75, 3.05) is 33.6 Å². The molecule has 2 aliphatic rings. The predicted molar refractivity (Wildman–Crippen MR) is 141 cm³/mol. The van der Waals surface area contributed by atoms with E-state index in [1.165, 1.54) is 25.6 Å². The summed E-state index contributed by atoms with van der Waals surface area (Å²) in [5.41, 5.74) is 0.512. The molecular formula is C29H29F3N4O3. The summed E-state index contributed by atoms with van der Waals surface area (Å²) in [6, 6.07) is 6.45. The maximum absolute atomic E-state index is 16.2. The third-order valence-corrected chi connectivity index (χ3v) is 7.87. The summed E-state index contributed by atoms with van der Waals surface area (Å²) in [4.78, 5) is 15.1. The fourth-order valence-corrected chi connectivity index (χ4v) is 6.08. The van der Waals surface area contributed by atoms with E-state index in [-0.39, 0.29) is 42.0 Å². The standard InChI is InChI=1S/C29H29F3N4O3/c1-3-21-23(31)6-5-17-9-20(39-16-37-2)10-22(24(17)21)27-25(32)26-18(12-33-27)13-34-28(35-26)38-15-29-7-4-8-36(29)14-19(30)11-29/h5-6,9-10,12-13,19H,3-4,7-8,11,14-16H2,1-2H3/t19-,29+/m1/s1. The van der Waals surface area contributed by atoms with E-state index in [0.29, 0.717) is 52.4 Å². The van der Waals surface area contributed by atoms with Crippen molar-refractivity contribution in [2.45, 2.75) is 44.3 Å². The first-order chi connectivity index (χ1) is 18.9. The van der Waals surface area contributed by atoms with Gasteiger partial charge in [-0.2, -0.15) is 4.98 Å². The summed E-state index contributed by atoms with van der Waals surface area (Å²) in [6.45, 7) is 3.33. The normalized spacial score (nSPS) is 21.1. The number of rotatable bonds is 8. The van der Waals surface area contributed by atoms with Crippen LogP contribution in [0.5, 0.6) is 11.8 Å². The molecule has 0 spiro atoms. The molecule has 0 radical (unpaired) electrons. The maximum atomic E-state index is 16.2. The van der Waals surface area contributed by atoms with Gasteiger partial charge in [-0.25, -0.2) is 18.2 Å². The topological polar surface area (TPSA) is 69.6 Å². The summed E-state index contributed by atoms with van der Waals surface area (Å²) in [5, 5.41) is 1.64. The molecule has 0 unspecified atom stereocenters. The maximum Gasteiger partial charge on any atom is 0.317 e. The summed E-state index contributed by atoms with van der Waals surface area (Å²) in [5.74, 6) is -0.621. The Morgan fingerprint density at radius 2 is 1.95 bits per heavy atom. The first kappa shape index (κ1) is 25.8. The quantitative estimate of drug-likeness (QED) is 0.270. The van der Waals surface area contributed by atoms with E-state index in [9.17, 15) is 8.78 Å². The average molecular weight is 539 g/mol. The third kappa shape index (κ3) is 4.55. The van der Waals surface area contributed by atoms with Gasteiger partial charge < -0.3 is 14.2 Å². The lowest BCUT2D eigenvalue weighted by atomic mass is 9.94. The molecule has 0 aliphatic carbocycles. The lowest BCUT2D eigenvalue weighted by Gasteiger charge is -2.30. The van der Waals surface area contributed by atoms with Gasteiger partial charge in [-0.05, 0) is 60.3 Å². The van der Waals surface area contributed by atoms with Crippen molar-refractivity contribution >= 4 is 21.7 Å². The van der Waals surface area contributed by atoms with Gasteiger partial charge in [0.05, 0.1) is 5.54 Å². The molecule has 4 heterocycles. The van der Waals surface area contributed by atoms with Gasteiger partial charge in [0, 0.05) is 43.4 Å². The van der Waals surface area contributed by atoms with Crippen LogP contribution >= 0.6 is 0 Å². The minimum absolute atomic E-state index is 0.00357. The second-order valence-corrected chi connectivity index (χ2v) is 10.2. The van der Waals surface area contributed by atoms with Crippen molar-refractivity contribution in [3.63, 3.8) is 0 Å². The predicted octanol–water partition coefficient (Wildman–Crippen LogP) is 5.62. The minimum Gasteiger partial charge on any atom is -0.468 e. The van der Waals surface area contributed by atoms with Crippen LogP contribution in [0.15, 0.2) is 36.7 Å². The van der Waals surface area contributed by atoms with Crippen molar-refractivity contribution in [2.24, 2.45) is 0 Å². The van der Waals surface area contributed by atoms with Crippen LogP contribution in [0.4, 0.5) is 13.2 Å². The van der Waals surface area contributed by atoms with E-state index in [0.717, 1.165) is 19.4 Å². The van der Waals surface area contributed by atoms with E-state index < -0.39 is 12.0 Å². The molecule has 2 aromatic heterocycles. The second-order valence-electron chi connectivity index (χ2n) is 10.2. The number of hydrogen-bond acceptors (Lipinski definition) is 7. The number of alkyl halides is 1. The number of ether oxygens (including phenoxy) is 3. The largest absolute Gasteiger partial charge is 0.468 e. The molecule has 39 heavy (non-hydrogen) atoms. The Kier molecular flexibility index (Phi) is 6.76. The molecular weight excluding hydrogens is 509 g/mol. The second kappa shape index (κ2) is 10.2. The number of nitrogens with zero attached hydrogens (tertiary/aromatic N) is 4. The van der Waals surface area contributed by atoms with E-state index >= 15 is 4.39 Å². The van der Waals surface area contributed by atoms with Crippen LogP contribution in [0.25, 0.3) is 32.9 Å². The molecule has 204 valence electrons. The number of halogens is 3. The van der Waals surface area contributed by atoms with Crippen LogP contribution in [-0.2, 0) is 11.2 Å². The van der Waals surface area contributed by atoms with E-state index in [1.54, 1.807) is 18.2 Å². The van der Waals surface area contributed by atoms with E-state index in [4.69, 9.17) is 14.2 Å². The fourth-order valence-electron chi connectivity index (χ4n) is 6.08.